The number of hydrogen-bond donors (Lipinski definition) is 1. The molecule has 1 heterocycles. The van der Waals surface area contributed by atoms with E-state index in [1.54, 1.807) is 12.1 Å². The molecule has 0 spiro atoms. The van der Waals surface area contributed by atoms with Gasteiger partial charge in [0.1, 0.15) is 11.8 Å². The summed E-state index contributed by atoms with van der Waals surface area (Å²) in [5, 5.41) is 0.241. The molecule has 2 unspecified atom stereocenters. The molecular weight excluding hydrogens is 376 g/mol. The van der Waals surface area contributed by atoms with Gasteiger partial charge in [-0.3, -0.25) is 14.4 Å². The molecule has 1 aliphatic heterocycles. The zero-order valence-electron chi connectivity index (χ0n) is 17.3. The standard InChI is InChI=1S/C20H30N2O5Si/c1-20(2,3)28(5)12-27-16-8-6-7-13-14(16)11-22(19(13)25)15(18(21)24)9-10-17(23)26-4/h6-8,15,28H,9-12H2,1-5H3,(H2,21,24). The largest absolute Gasteiger partial charge is 0.497 e. The van der Waals surface area contributed by atoms with Gasteiger partial charge in [-0.2, -0.15) is 0 Å². The van der Waals surface area contributed by atoms with E-state index in [2.05, 4.69) is 32.1 Å². The molecule has 7 nitrogen and oxygen atoms in total. The summed E-state index contributed by atoms with van der Waals surface area (Å²) < 4.78 is 10.7. The van der Waals surface area contributed by atoms with Crippen LogP contribution in [0.25, 0.3) is 0 Å². The summed E-state index contributed by atoms with van der Waals surface area (Å²) in [6, 6.07) is 4.50. The number of carbonyl (C=O) groups is 3. The second kappa shape index (κ2) is 8.77. The van der Waals surface area contributed by atoms with Crippen molar-refractivity contribution >= 4 is 26.6 Å². The summed E-state index contributed by atoms with van der Waals surface area (Å²) in [7, 11) is 0.155. The third kappa shape index (κ3) is 4.92. The molecule has 0 saturated heterocycles. The van der Waals surface area contributed by atoms with Crippen LogP contribution in [0, 0.1) is 0 Å². The highest BCUT2D eigenvalue weighted by atomic mass is 28.3. The third-order valence-electron chi connectivity index (χ3n) is 5.47. The Morgan fingerprint density at radius 2 is 2.00 bits per heavy atom. The molecule has 0 saturated carbocycles. The van der Waals surface area contributed by atoms with Gasteiger partial charge in [0.15, 0.2) is 0 Å². The predicted octanol–water partition coefficient (Wildman–Crippen LogP) is 2.02. The van der Waals surface area contributed by atoms with Crippen molar-refractivity contribution in [3.05, 3.63) is 29.3 Å². The van der Waals surface area contributed by atoms with Crippen LogP contribution in [0.5, 0.6) is 5.75 Å². The van der Waals surface area contributed by atoms with Crippen molar-refractivity contribution < 1.29 is 23.9 Å². The van der Waals surface area contributed by atoms with Crippen molar-refractivity contribution in [2.45, 2.75) is 57.8 Å². The normalized spacial score (nSPS) is 15.8. The molecule has 154 valence electrons. The Balaban J connectivity index is 2.18. The summed E-state index contributed by atoms with van der Waals surface area (Å²) >= 11 is 0. The number of benzene rings is 1. The summed E-state index contributed by atoms with van der Waals surface area (Å²) in [6.07, 6.45) is 0.809. The Kier molecular flexibility index (Phi) is 6.87. The minimum atomic E-state index is -1.13. The number of amides is 2. The van der Waals surface area contributed by atoms with Gasteiger partial charge < -0.3 is 20.1 Å². The van der Waals surface area contributed by atoms with Gasteiger partial charge >= 0.3 is 5.97 Å². The first-order valence-corrected chi connectivity index (χ1v) is 12.0. The topological polar surface area (TPSA) is 98.9 Å². The van der Waals surface area contributed by atoms with E-state index in [4.69, 9.17) is 10.5 Å². The first-order chi connectivity index (χ1) is 13.1. The van der Waals surface area contributed by atoms with Crippen LogP contribution in [0.1, 0.15) is 49.5 Å². The minimum Gasteiger partial charge on any atom is -0.497 e. The maximum absolute atomic E-state index is 12.9. The van der Waals surface area contributed by atoms with Crippen LogP contribution in [0.3, 0.4) is 0 Å². The fourth-order valence-electron chi connectivity index (χ4n) is 2.99. The molecule has 2 N–H and O–H groups in total. The monoisotopic (exact) mass is 406 g/mol. The molecule has 2 atom stereocenters. The van der Waals surface area contributed by atoms with E-state index in [0.717, 1.165) is 5.56 Å². The molecule has 1 aliphatic rings. The van der Waals surface area contributed by atoms with Crippen molar-refractivity contribution in [1.29, 1.82) is 0 Å². The molecule has 1 aromatic carbocycles. The highest BCUT2D eigenvalue weighted by molar-refractivity contribution is 6.60. The Labute approximate surface area is 167 Å². The molecule has 0 fully saturated rings. The van der Waals surface area contributed by atoms with Crippen molar-refractivity contribution in [2.75, 3.05) is 13.3 Å². The smallest absolute Gasteiger partial charge is 0.305 e. The molecule has 8 heteroatoms. The van der Waals surface area contributed by atoms with Gasteiger partial charge in [0.05, 0.1) is 28.7 Å². The summed E-state index contributed by atoms with van der Waals surface area (Å²) in [6.45, 7) is 9.15. The van der Waals surface area contributed by atoms with Gasteiger partial charge in [0, 0.05) is 17.5 Å². The zero-order valence-corrected chi connectivity index (χ0v) is 18.4. The van der Waals surface area contributed by atoms with Gasteiger partial charge in [0.25, 0.3) is 5.91 Å². The molecule has 0 bridgehead atoms. The van der Waals surface area contributed by atoms with E-state index >= 15 is 0 Å². The van der Waals surface area contributed by atoms with Crippen LogP contribution >= 0.6 is 0 Å². The van der Waals surface area contributed by atoms with E-state index in [0.29, 0.717) is 17.5 Å². The van der Waals surface area contributed by atoms with Gasteiger partial charge in [-0.25, -0.2) is 0 Å². The number of nitrogens with zero attached hydrogens (tertiary/aromatic N) is 1. The number of nitrogens with two attached hydrogens (primary N) is 1. The average molecular weight is 407 g/mol. The molecular formula is C20H30N2O5Si. The van der Waals surface area contributed by atoms with Crippen LogP contribution in [0.15, 0.2) is 18.2 Å². The van der Waals surface area contributed by atoms with Crippen molar-refractivity contribution in [3.8, 4) is 5.75 Å². The molecule has 0 aliphatic carbocycles. The average Bonchev–Trinajstić information content (AvgIpc) is 2.96. The summed E-state index contributed by atoms with van der Waals surface area (Å²) in [4.78, 5) is 37.7. The Bertz CT molecular complexity index is 759. The van der Waals surface area contributed by atoms with E-state index in [1.165, 1.54) is 12.0 Å². The van der Waals surface area contributed by atoms with Crippen LogP contribution in [-0.2, 0) is 20.9 Å². The second-order valence-corrected chi connectivity index (χ2v) is 12.2. The summed E-state index contributed by atoms with van der Waals surface area (Å²) in [5.74, 6) is -0.676. The number of hydrogen-bond acceptors (Lipinski definition) is 5. The fourth-order valence-corrected chi connectivity index (χ4v) is 3.92. The maximum Gasteiger partial charge on any atom is 0.305 e. The van der Waals surface area contributed by atoms with Crippen molar-refractivity contribution in [1.82, 2.24) is 4.90 Å². The lowest BCUT2D eigenvalue weighted by Gasteiger charge is -2.26. The van der Waals surface area contributed by atoms with Gasteiger partial charge in [-0.15, -0.1) is 0 Å². The Morgan fingerprint density at radius 3 is 2.57 bits per heavy atom. The van der Waals surface area contributed by atoms with Crippen LogP contribution in [0.4, 0.5) is 0 Å². The lowest BCUT2D eigenvalue weighted by molar-refractivity contribution is -0.141. The fraction of sp³-hybridized carbons (Fsp3) is 0.550. The maximum atomic E-state index is 12.9. The van der Waals surface area contributed by atoms with E-state index in [1.807, 2.05) is 6.07 Å². The lowest BCUT2D eigenvalue weighted by atomic mass is 10.1. The number of carbonyl (C=O) groups excluding carboxylic acids is 3. The number of primary amides is 1. The van der Waals surface area contributed by atoms with Crippen molar-refractivity contribution in [2.24, 2.45) is 5.73 Å². The summed E-state index contributed by atoms with van der Waals surface area (Å²) in [5.41, 5.74) is 6.81. The van der Waals surface area contributed by atoms with Crippen LogP contribution in [-0.4, -0.2) is 50.9 Å². The van der Waals surface area contributed by atoms with Crippen LogP contribution in [0.2, 0.25) is 11.6 Å². The number of ether oxygens (including phenoxy) is 2. The van der Waals surface area contributed by atoms with Gasteiger partial charge in [-0.05, 0) is 23.6 Å². The van der Waals surface area contributed by atoms with E-state index in [-0.39, 0.29) is 30.3 Å². The Hall–Kier alpha value is -2.35. The Morgan fingerprint density at radius 1 is 1.32 bits per heavy atom. The lowest BCUT2D eigenvalue weighted by Crippen LogP contribution is -2.45. The van der Waals surface area contributed by atoms with Crippen molar-refractivity contribution in [3.63, 3.8) is 0 Å². The SMILES string of the molecule is COC(=O)CCC(C(N)=O)N1Cc2c(OC[SiH](C)C(C)(C)C)cccc2C1=O. The molecule has 2 amide bonds. The quantitative estimate of drug-likeness (QED) is 0.526. The molecule has 2 rings (SSSR count). The molecule has 1 aromatic rings. The third-order valence-corrected chi connectivity index (χ3v) is 9.10. The van der Waals surface area contributed by atoms with E-state index in [9.17, 15) is 14.4 Å². The minimum absolute atomic E-state index is 0.0162. The number of fused-ring (bicyclic) bond motifs is 1. The molecule has 0 radical (unpaired) electrons. The van der Waals surface area contributed by atoms with Crippen LogP contribution < -0.4 is 10.5 Å². The highest BCUT2D eigenvalue weighted by Crippen LogP contribution is 2.34. The number of rotatable bonds is 8. The number of esters is 1. The van der Waals surface area contributed by atoms with E-state index < -0.39 is 26.7 Å². The van der Waals surface area contributed by atoms with Gasteiger partial charge in [0.2, 0.25) is 5.91 Å². The first-order valence-electron chi connectivity index (χ1n) is 9.48. The second-order valence-electron chi connectivity index (χ2n) is 8.33. The first kappa shape index (κ1) is 21.9. The molecule has 0 aromatic heterocycles. The number of methoxy groups -OCH3 is 1. The van der Waals surface area contributed by atoms with Gasteiger partial charge in [-0.1, -0.05) is 33.4 Å². The highest BCUT2D eigenvalue weighted by Gasteiger charge is 2.37. The zero-order chi connectivity index (χ0) is 21.1. The molecule has 28 heavy (non-hydrogen) atoms. The predicted molar refractivity (Wildman–Crippen MR) is 109 cm³/mol.